The van der Waals surface area contributed by atoms with Crippen molar-refractivity contribution in [2.75, 3.05) is 4.90 Å². The van der Waals surface area contributed by atoms with Gasteiger partial charge in [-0.25, -0.2) is 0 Å². The van der Waals surface area contributed by atoms with Crippen molar-refractivity contribution in [3.05, 3.63) is 204 Å². The molecule has 1 heterocycles. The van der Waals surface area contributed by atoms with Crippen LogP contribution in [0.2, 0.25) is 0 Å². The Morgan fingerprint density at radius 2 is 1.15 bits per heavy atom. The second-order valence-electron chi connectivity index (χ2n) is 13.6. The third kappa shape index (κ3) is 4.85. The molecule has 2 aliphatic rings. The fraction of sp³-hybridized carbons (Fsp3) is 0.0408. The third-order valence-corrected chi connectivity index (χ3v) is 10.7. The minimum Gasteiger partial charge on any atom is -0.313 e. The number of anilines is 2. The summed E-state index contributed by atoms with van der Waals surface area (Å²) in [4.78, 5) is 16.3. The lowest BCUT2D eigenvalue weighted by Crippen LogP contribution is -2.20. The fourth-order valence-electron chi connectivity index (χ4n) is 8.22. The van der Waals surface area contributed by atoms with Gasteiger partial charge in [0.2, 0.25) is 0 Å². The molecule has 3 heteroatoms. The number of hydrogen-bond donors (Lipinski definition) is 0. The predicted octanol–water partition coefficient (Wildman–Crippen LogP) is 12.6. The standard InChI is InChI=1S/C49H34N2O/c52-49-43-18-8-7-16-40(43)42-19-11-21-47(48(42)49)50(38-27-22-34(23-28-38)33-12-3-1-4-13-33)39-29-24-35(25-30-39)36-26-31-46-44(32-36)41-17-9-10-20-45(41)51(46)37-14-5-2-6-15-37/h1-22,24-27,29-32H,23,28H2. The first-order valence-corrected chi connectivity index (χ1v) is 17.9. The summed E-state index contributed by atoms with van der Waals surface area (Å²) < 4.78 is 2.35. The van der Waals surface area contributed by atoms with Crippen LogP contribution in [0.4, 0.5) is 11.4 Å². The summed E-state index contributed by atoms with van der Waals surface area (Å²) in [5.41, 5.74) is 15.1. The van der Waals surface area contributed by atoms with Crippen molar-refractivity contribution in [2.45, 2.75) is 12.8 Å². The molecular weight excluding hydrogens is 633 g/mol. The van der Waals surface area contributed by atoms with Gasteiger partial charge < -0.3 is 9.47 Å². The second-order valence-corrected chi connectivity index (χ2v) is 13.6. The van der Waals surface area contributed by atoms with Crippen LogP contribution in [0.3, 0.4) is 0 Å². The molecule has 3 nitrogen and oxygen atoms in total. The van der Waals surface area contributed by atoms with Gasteiger partial charge in [-0.3, -0.25) is 4.79 Å². The van der Waals surface area contributed by atoms with Gasteiger partial charge in [0, 0.05) is 33.4 Å². The second kappa shape index (κ2) is 12.3. The summed E-state index contributed by atoms with van der Waals surface area (Å²) in [5.74, 6) is 0.0858. The maximum absolute atomic E-state index is 14.0. The molecule has 0 amide bonds. The molecule has 0 spiro atoms. The van der Waals surface area contributed by atoms with Gasteiger partial charge >= 0.3 is 0 Å². The van der Waals surface area contributed by atoms with E-state index in [2.05, 4.69) is 173 Å². The molecule has 0 radical (unpaired) electrons. The number of hydrogen-bond acceptors (Lipinski definition) is 2. The van der Waals surface area contributed by atoms with Gasteiger partial charge in [-0.15, -0.1) is 0 Å². The molecule has 0 aliphatic heterocycles. The zero-order valence-corrected chi connectivity index (χ0v) is 28.5. The lowest BCUT2D eigenvalue weighted by molar-refractivity contribution is 0.104. The highest BCUT2D eigenvalue weighted by atomic mass is 16.1. The number of ketones is 1. The fourth-order valence-corrected chi connectivity index (χ4v) is 8.22. The summed E-state index contributed by atoms with van der Waals surface area (Å²) in [7, 11) is 0. The molecule has 10 rings (SSSR count). The van der Waals surface area contributed by atoms with Crippen LogP contribution >= 0.6 is 0 Å². The normalized spacial score (nSPS) is 13.5. The number of carbonyl (C=O) groups excluding carboxylic acids is 1. The molecule has 0 atom stereocenters. The number of benzene rings is 7. The Labute approximate surface area is 303 Å². The SMILES string of the molecule is O=C1c2ccccc2-c2cccc(N(C3=CC=C(c4ccccc4)CC3)c3ccc(-c4ccc5c(c4)c4ccccc4n5-c4ccccc4)cc3)c21. The van der Waals surface area contributed by atoms with Gasteiger partial charge in [0.25, 0.3) is 0 Å². The number of allylic oxidation sites excluding steroid dienone is 4. The van der Waals surface area contributed by atoms with Crippen molar-refractivity contribution in [3.8, 4) is 27.9 Å². The first-order chi connectivity index (χ1) is 25.7. The Morgan fingerprint density at radius 3 is 1.94 bits per heavy atom. The van der Waals surface area contributed by atoms with Crippen molar-refractivity contribution in [3.63, 3.8) is 0 Å². The van der Waals surface area contributed by atoms with E-state index in [0.717, 1.165) is 57.7 Å². The molecule has 0 fully saturated rings. The number of aromatic nitrogens is 1. The highest BCUT2D eigenvalue weighted by Crippen LogP contribution is 2.46. The van der Waals surface area contributed by atoms with E-state index in [-0.39, 0.29) is 5.78 Å². The Hall–Kier alpha value is -6.71. The molecule has 7 aromatic carbocycles. The van der Waals surface area contributed by atoms with Crippen LogP contribution in [0.15, 0.2) is 188 Å². The highest BCUT2D eigenvalue weighted by molar-refractivity contribution is 6.25. The average molecular weight is 667 g/mol. The van der Waals surface area contributed by atoms with E-state index in [9.17, 15) is 4.79 Å². The van der Waals surface area contributed by atoms with Crippen molar-refractivity contribution < 1.29 is 4.79 Å². The van der Waals surface area contributed by atoms with Gasteiger partial charge in [0.05, 0.1) is 22.3 Å². The molecule has 0 unspecified atom stereocenters. The number of para-hydroxylation sites is 2. The maximum Gasteiger partial charge on any atom is 0.196 e. The van der Waals surface area contributed by atoms with Gasteiger partial charge in [-0.05, 0) is 101 Å². The van der Waals surface area contributed by atoms with E-state index >= 15 is 0 Å². The molecule has 2 aliphatic carbocycles. The van der Waals surface area contributed by atoms with Crippen LogP contribution in [0.5, 0.6) is 0 Å². The Kier molecular flexibility index (Phi) is 7.10. The quantitative estimate of drug-likeness (QED) is 0.176. The smallest absolute Gasteiger partial charge is 0.196 e. The van der Waals surface area contributed by atoms with Crippen molar-refractivity contribution >= 4 is 44.5 Å². The van der Waals surface area contributed by atoms with Gasteiger partial charge in [-0.2, -0.15) is 0 Å². The summed E-state index contributed by atoms with van der Waals surface area (Å²) in [6, 6.07) is 59.7. The molecule has 0 saturated carbocycles. The van der Waals surface area contributed by atoms with E-state index < -0.39 is 0 Å². The summed E-state index contributed by atoms with van der Waals surface area (Å²) in [5, 5.41) is 2.47. The zero-order valence-electron chi connectivity index (χ0n) is 28.5. The van der Waals surface area contributed by atoms with Crippen molar-refractivity contribution in [1.29, 1.82) is 0 Å². The van der Waals surface area contributed by atoms with Gasteiger partial charge in [0.15, 0.2) is 5.78 Å². The minimum atomic E-state index is 0.0858. The molecule has 0 bridgehead atoms. The van der Waals surface area contributed by atoms with Crippen LogP contribution in [0.1, 0.15) is 34.3 Å². The highest BCUT2D eigenvalue weighted by Gasteiger charge is 2.32. The number of fused-ring (bicyclic) bond motifs is 6. The van der Waals surface area contributed by atoms with E-state index in [1.807, 2.05) is 18.2 Å². The average Bonchev–Trinajstić information content (AvgIpc) is 3.71. The van der Waals surface area contributed by atoms with Crippen LogP contribution in [-0.4, -0.2) is 10.4 Å². The van der Waals surface area contributed by atoms with Crippen LogP contribution in [0.25, 0.3) is 55.3 Å². The van der Waals surface area contributed by atoms with Crippen molar-refractivity contribution in [1.82, 2.24) is 4.57 Å². The molecular formula is C49H34N2O. The largest absolute Gasteiger partial charge is 0.313 e. The van der Waals surface area contributed by atoms with Gasteiger partial charge in [0.1, 0.15) is 0 Å². The van der Waals surface area contributed by atoms with Crippen LogP contribution in [0, 0.1) is 0 Å². The predicted molar refractivity (Wildman–Crippen MR) is 215 cm³/mol. The summed E-state index contributed by atoms with van der Waals surface area (Å²) in [6.45, 7) is 0. The number of nitrogens with zero attached hydrogens (tertiary/aromatic N) is 2. The van der Waals surface area contributed by atoms with E-state index in [0.29, 0.717) is 0 Å². The van der Waals surface area contributed by atoms with Gasteiger partial charge in [-0.1, -0.05) is 127 Å². The molecule has 246 valence electrons. The molecule has 1 aromatic heterocycles. The first-order valence-electron chi connectivity index (χ1n) is 17.9. The topological polar surface area (TPSA) is 25.2 Å². The van der Waals surface area contributed by atoms with Crippen LogP contribution in [-0.2, 0) is 0 Å². The van der Waals surface area contributed by atoms with Crippen molar-refractivity contribution in [2.24, 2.45) is 0 Å². The molecule has 8 aromatic rings. The Balaban J connectivity index is 1.08. The minimum absolute atomic E-state index is 0.0858. The maximum atomic E-state index is 14.0. The van der Waals surface area contributed by atoms with Crippen LogP contribution < -0.4 is 4.90 Å². The lowest BCUT2D eigenvalue weighted by Gasteiger charge is -2.31. The van der Waals surface area contributed by atoms with E-state index in [1.165, 1.54) is 44.2 Å². The Bertz CT molecular complexity index is 2730. The Morgan fingerprint density at radius 1 is 0.481 bits per heavy atom. The first kappa shape index (κ1) is 30.1. The summed E-state index contributed by atoms with van der Waals surface area (Å²) in [6.07, 6.45) is 6.26. The molecule has 0 saturated heterocycles. The van der Waals surface area contributed by atoms with E-state index in [4.69, 9.17) is 0 Å². The number of rotatable bonds is 6. The number of carbonyl (C=O) groups is 1. The monoisotopic (exact) mass is 666 g/mol. The van der Waals surface area contributed by atoms with E-state index in [1.54, 1.807) is 0 Å². The molecule has 0 N–H and O–H groups in total. The molecule has 52 heavy (non-hydrogen) atoms. The third-order valence-electron chi connectivity index (χ3n) is 10.7. The zero-order chi connectivity index (χ0) is 34.6. The lowest BCUT2D eigenvalue weighted by atomic mass is 9.94. The summed E-state index contributed by atoms with van der Waals surface area (Å²) >= 11 is 0.